The number of carbonyl (C=O) groups excluding carboxylic acids is 1. The van der Waals surface area contributed by atoms with Gasteiger partial charge in [-0.3, -0.25) is 4.90 Å². The fourth-order valence-corrected chi connectivity index (χ4v) is 4.92. The summed E-state index contributed by atoms with van der Waals surface area (Å²) in [6, 6.07) is 15.2. The number of para-hydroxylation sites is 1. The van der Waals surface area contributed by atoms with Gasteiger partial charge in [-0.05, 0) is 41.8 Å². The summed E-state index contributed by atoms with van der Waals surface area (Å²) in [4.78, 5) is 22.8. The fourth-order valence-electron chi connectivity index (χ4n) is 4.64. The van der Waals surface area contributed by atoms with Gasteiger partial charge >= 0.3 is 6.03 Å². The first-order valence-corrected chi connectivity index (χ1v) is 12.0. The number of amides is 2. The Balaban J connectivity index is 1.46. The summed E-state index contributed by atoms with van der Waals surface area (Å²) in [5.41, 5.74) is 3.82. The van der Waals surface area contributed by atoms with Crippen molar-refractivity contribution in [2.45, 2.75) is 6.42 Å². The molecule has 0 aliphatic carbocycles. The number of anilines is 2. The van der Waals surface area contributed by atoms with Gasteiger partial charge in [0.2, 0.25) is 0 Å². The van der Waals surface area contributed by atoms with Gasteiger partial charge < -0.3 is 20.2 Å². The van der Waals surface area contributed by atoms with E-state index in [0.717, 1.165) is 61.7 Å². The highest BCUT2D eigenvalue weighted by molar-refractivity contribution is 6.34. The van der Waals surface area contributed by atoms with Crippen molar-refractivity contribution in [2.24, 2.45) is 0 Å². The van der Waals surface area contributed by atoms with Crippen molar-refractivity contribution >= 4 is 29.1 Å². The van der Waals surface area contributed by atoms with Gasteiger partial charge in [0.05, 0.1) is 10.7 Å². The molecule has 7 nitrogen and oxygen atoms in total. The van der Waals surface area contributed by atoms with Crippen molar-refractivity contribution < 1.29 is 9.90 Å². The fraction of sp³-hybridized carbons (Fsp3) is 0.308. The van der Waals surface area contributed by atoms with Crippen molar-refractivity contribution in [3.63, 3.8) is 0 Å². The average molecular weight is 478 g/mol. The van der Waals surface area contributed by atoms with E-state index in [4.69, 9.17) is 11.6 Å². The number of benzene rings is 2. The van der Waals surface area contributed by atoms with E-state index in [2.05, 4.69) is 15.2 Å². The molecule has 2 N–H and O–H groups in total. The number of halogens is 1. The first-order valence-electron chi connectivity index (χ1n) is 11.6. The minimum Gasteiger partial charge on any atom is -0.507 e. The number of nitrogens with zero attached hydrogens (tertiary/aromatic N) is 4. The van der Waals surface area contributed by atoms with E-state index >= 15 is 0 Å². The number of carbonyl (C=O) groups is 1. The quantitative estimate of drug-likeness (QED) is 0.581. The molecule has 5 rings (SSSR count). The summed E-state index contributed by atoms with van der Waals surface area (Å²) >= 11 is 6.63. The molecule has 0 bridgehead atoms. The molecule has 2 amide bonds. The van der Waals surface area contributed by atoms with Crippen LogP contribution in [0.5, 0.6) is 5.75 Å². The van der Waals surface area contributed by atoms with Gasteiger partial charge in [-0.2, -0.15) is 0 Å². The molecule has 3 heterocycles. The minimum absolute atomic E-state index is 0.0521. The van der Waals surface area contributed by atoms with Crippen LogP contribution in [0.1, 0.15) is 6.42 Å². The van der Waals surface area contributed by atoms with Crippen LogP contribution in [0.15, 0.2) is 54.7 Å². The lowest BCUT2D eigenvalue weighted by Gasteiger charge is -2.33. The number of aromatic nitrogens is 1. The van der Waals surface area contributed by atoms with Crippen LogP contribution in [0.2, 0.25) is 5.02 Å². The van der Waals surface area contributed by atoms with E-state index in [0.29, 0.717) is 22.8 Å². The molecule has 8 heteroatoms. The largest absolute Gasteiger partial charge is 0.507 e. The van der Waals surface area contributed by atoms with E-state index in [-0.39, 0.29) is 11.8 Å². The highest BCUT2D eigenvalue weighted by Crippen LogP contribution is 2.41. The Labute approximate surface area is 204 Å². The highest BCUT2D eigenvalue weighted by Gasteiger charge is 2.26. The monoisotopic (exact) mass is 477 g/mol. The van der Waals surface area contributed by atoms with Gasteiger partial charge in [0, 0.05) is 63.6 Å². The summed E-state index contributed by atoms with van der Waals surface area (Å²) in [6.07, 6.45) is 2.68. The number of aromatic hydroxyl groups is 1. The van der Waals surface area contributed by atoms with Crippen molar-refractivity contribution in [3.8, 4) is 28.0 Å². The van der Waals surface area contributed by atoms with Crippen LogP contribution in [-0.2, 0) is 0 Å². The smallest absolute Gasteiger partial charge is 0.324 e. The van der Waals surface area contributed by atoms with E-state index in [9.17, 15) is 9.90 Å². The van der Waals surface area contributed by atoms with Crippen molar-refractivity contribution in [1.29, 1.82) is 0 Å². The second kappa shape index (κ2) is 9.52. The molecule has 176 valence electrons. The average Bonchev–Trinajstić information content (AvgIpc) is 2.87. The Kier molecular flexibility index (Phi) is 6.30. The number of piperazine rings is 1. The molecule has 2 aromatic carbocycles. The number of phenols is 1. The lowest BCUT2D eigenvalue weighted by molar-refractivity contribution is 0.207. The number of hydrogen-bond acceptors (Lipinski definition) is 5. The molecule has 3 aromatic rings. The van der Waals surface area contributed by atoms with Gasteiger partial charge in [-0.25, -0.2) is 9.78 Å². The number of hydrogen-bond donors (Lipinski definition) is 2. The van der Waals surface area contributed by atoms with Crippen LogP contribution in [-0.4, -0.2) is 67.3 Å². The molecule has 0 atom stereocenters. The minimum atomic E-state index is -0.0521. The molecule has 34 heavy (non-hydrogen) atoms. The molecule has 0 unspecified atom stereocenters. The van der Waals surface area contributed by atoms with Crippen LogP contribution in [0, 0.1) is 0 Å². The lowest BCUT2D eigenvalue weighted by atomic mass is 9.97. The van der Waals surface area contributed by atoms with Crippen molar-refractivity contribution in [1.82, 2.24) is 15.2 Å². The molecule has 2 fully saturated rings. The highest BCUT2D eigenvalue weighted by atomic mass is 35.5. The molecule has 2 aliphatic rings. The second-order valence-corrected chi connectivity index (χ2v) is 9.12. The molecular formula is C26H28ClN5O2. The predicted molar refractivity (Wildman–Crippen MR) is 137 cm³/mol. The molecule has 2 saturated heterocycles. The van der Waals surface area contributed by atoms with E-state index in [1.807, 2.05) is 48.5 Å². The summed E-state index contributed by atoms with van der Waals surface area (Å²) in [7, 11) is 1.80. The second-order valence-electron chi connectivity index (χ2n) is 8.72. The third kappa shape index (κ3) is 4.29. The zero-order valence-corrected chi connectivity index (χ0v) is 19.9. The maximum Gasteiger partial charge on any atom is 0.324 e. The van der Waals surface area contributed by atoms with Crippen molar-refractivity contribution in [3.05, 3.63) is 59.8 Å². The molecule has 0 radical (unpaired) electrons. The number of pyridine rings is 1. The Hall–Kier alpha value is -3.29. The first kappa shape index (κ1) is 22.5. The Bertz CT molecular complexity index is 1210. The Morgan fingerprint density at radius 2 is 1.71 bits per heavy atom. The van der Waals surface area contributed by atoms with Gasteiger partial charge in [-0.1, -0.05) is 35.9 Å². The predicted octanol–water partition coefficient (Wildman–Crippen LogP) is 4.45. The normalized spacial score (nSPS) is 16.8. The summed E-state index contributed by atoms with van der Waals surface area (Å²) in [5.74, 6) is 1.10. The molecule has 0 spiro atoms. The molecular weight excluding hydrogens is 450 g/mol. The summed E-state index contributed by atoms with van der Waals surface area (Å²) in [6.45, 7) is 5.06. The van der Waals surface area contributed by atoms with Crippen molar-refractivity contribution in [2.75, 3.05) is 56.1 Å². The maximum absolute atomic E-state index is 12.6. The summed E-state index contributed by atoms with van der Waals surface area (Å²) < 4.78 is 0. The van der Waals surface area contributed by atoms with Gasteiger partial charge in [0.15, 0.2) is 0 Å². The first-order chi connectivity index (χ1) is 16.5. The number of urea groups is 1. The lowest BCUT2D eigenvalue weighted by Crippen LogP contribution is -2.47. The van der Waals surface area contributed by atoms with Gasteiger partial charge in [0.1, 0.15) is 11.6 Å². The maximum atomic E-state index is 12.6. The SMILES string of the molecule is CN1CCCN(c2ccc(-c3cccc(-c4ccnc(N5CCNCC5)c4)c3O)cc2Cl)C1=O. The standard InChI is InChI=1S/C26H28ClN5O2/c1-30-12-3-13-32(26(30)34)23-7-6-18(16-22(23)27)20-4-2-5-21(25(20)33)19-8-9-29-24(17-19)31-14-10-28-11-15-31/h2,4-9,16-17,28,33H,3,10-15H2,1H3. The third-order valence-corrected chi connectivity index (χ3v) is 6.82. The van der Waals surface area contributed by atoms with Gasteiger partial charge in [-0.15, -0.1) is 0 Å². The zero-order valence-electron chi connectivity index (χ0n) is 19.2. The zero-order chi connectivity index (χ0) is 23.7. The number of rotatable bonds is 4. The number of phenolic OH excluding ortho intramolecular Hbond substituents is 1. The van der Waals surface area contributed by atoms with Crippen LogP contribution in [0.3, 0.4) is 0 Å². The van der Waals surface area contributed by atoms with E-state index < -0.39 is 0 Å². The van der Waals surface area contributed by atoms with E-state index in [1.54, 1.807) is 23.0 Å². The van der Waals surface area contributed by atoms with Crippen LogP contribution < -0.4 is 15.1 Å². The molecule has 0 saturated carbocycles. The van der Waals surface area contributed by atoms with Crippen LogP contribution in [0.4, 0.5) is 16.3 Å². The topological polar surface area (TPSA) is 71.9 Å². The number of nitrogens with one attached hydrogen (secondary N) is 1. The molecule has 2 aliphatic heterocycles. The van der Waals surface area contributed by atoms with E-state index in [1.165, 1.54) is 0 Å². The van der Waals surface area contributed by atoms with Gasteiger partial charge in [0.25, 0.3) is 0 Å². The van der Waals surface area contributed by atoms with Crippen LogP contribution >= 0.6 is 11.6 Å². The van der Waals surface area contributed by atoms with Crippen LogP contribution in [0.25, 0.3) is 22.3 Å². The third-order valence-electron chi connectivity index (χ3n) is 6.52. The summed E-state index contributed by atoms with van der Waals surface area (Å²) in [5, 5.41) is 15.1. The Morgan fingerprint density at radius 3 is 2.44 bits per heavy atom. The Morgan fingerprint density at radius 1 is 0.971 bits per heavy atom. The molecule has 1 aromatic heterocycles.